The van der Waals surface area contributed by atoms with Gasteiger partial charge in [-0.2, -0.15) is 0 Å². The third kappa shape index (κ3) is 4.33. The molecule has 0 aliphatic rings. The molecule has 21 heavy (non-hydrogen) atoms. The van der Waals surface area contributed by atoms with Gasteiger partial charge in [0, 0.05) is 30.5 Å². The molecular weight excluding hydrogens is 256 g/mol. The predicted octanol–water partition coefficient (Wildman–Crippen LogP) is 4.65. The van der Waals surface area contributed by atoms with E-state index in [-0.39, 0.29) is 5.54 Å². The van der Waals surface area contributed by atoms with Crippen LogP contribution < -0.4 is 10.2 Å². The summed E-state index contributed by atoms with van der Waals surface area (Å²) in [6, 6.07) is 17.2. The number of anilines is 2. The van der Waals surface area contributed by atoms with Gasteiger partial charge in [-0.25, -0.2) is 0 Å². The SMILES string of the molecule is Cc1ccc(N(C)c2ccccc2CNC(C)(C)C)cc1. The van der Waals surface area contributed by atoms with E-state index in [0.29, 0.717) is 0 Å². The largest absolute Gasteiger partial charge is 0.344 e. The number of rotatable bonds is 4. The van der Waals surface area contributed by atoms with Crippen LogP contribution in [0.1, 0.15) is 31.9 Å². The second-order valence-electron chi connectivity index (χ2n) is 6.63. The Morgan fingerprint density at radius 3 is 2.19 bits per heavy atom. The van der Waals surface area contributed by atoms with Crippen LogP contribution >= 0.6 is 0 Å². The highest BCUT2D eigenvalue weighted by atomic mass is 15.1. The minimum Gasteiger partial charge on any atom is -0.344 e. The second-order valence-corrected chi connectivity index (χ2v) is 6.63. The van der Waals surface area contributed by atoms with Crippen molar-refractivity contribution in [3.8, 4) is 0 Å². The number of aryl methyl sites for hydroxylation is 1. The van der Waals surface area contributed by atoms with Crippen molar-refractivity contribution in [2.24, 2.45) is 0 Å². The average molecular weight is 282 g/mol. The van der Waals surface area contributed by atoms with Crippen molar-refractivity contribution in [2.75, 3.05) is 11.9 Å². The topological polar surface area (TPSA) is 15.3 Å². The molecule has 2 nitrogen and oxygen atoms in total. The molecule has 2 aromatic rings. The second kappa shape index (κ2) is 6.31. The molecule has 0 aromatic heterocycles. The third-order valence-corrected chi connectivity index (χ3v) is 3.58. The normalized spacial score (nSPS) is 11.5. The lowest BCUT2D eigenvalue weighted by atomic mass is 10.1. The van der Waals surface area contributed by atoms with Crippen LogP contribution in [0.3, 0.4) is 0 Å². The van der Waals surface area contributed by atoms with E-state index in [4.69, 9.17) is 0 Å². The molecule has 0 saturated heterocycles. The summed E-state index contributed by atoms with van der Waals surface area (Å²) in [7, 11) is 2.13. The summed E-state index contributed by atoms with van der Waals surface area (Å²) in [5.41, 5.74) is 5.18. The van der Waals surface area contributed by atoms with E-state index in [1.807, 2.05) is 0 Å². The summed E-state index contributed by atoms with van der Waals surface area (Å²) in [5.74, 6) is 0. The molecule has 0 bridgehead atoms. The lowest BCUT2D eigenvalue weighted by Gasteiger charge is -2.26. The van der Waals surface area contributed by atoms with Gasteiger partial charge in [-0.1, -0.05) is 35.9 Å². The molecule has 1 N–H and O–H groups in total. The lowest BCUT2D eigenvalue weighted by Crippen LogP contribution is -2.35. The smallest absolute Gasteiger partial charge is 0.0453 e. The molecule has 2 heteroatoms. The predicted molar refractivity (Wildman–Crippen MR) is 92.3 cm³/mol. The number of nitrogens with zero attached hydrogens (tertiary/aromatic N) is 1. The van der Waals surface area contributed by atoms with Gasteiger partial charge >= 0.3 is 0 Å². The maximum Gasteiger partial charge on any atom is 0.0453 e. The Bertz CT molecular complexity index is 579. The van der Waals surface area contributed by atoms with Gasteiger partial charge < -0.3 is 10.2 Å². The zero-order valence-corrected chi connectivity index (χ0v) is 13.8. The number of hydrogen-bond donors (Lipinski definition) is 1. The molecule has 0 amide bonds. The first-order valence-corrected chi connectivity index (χ1v) is 7.50. The van der Waals surface area contributed by atoms with E-state index in [0.717, 1.165) is 6.54 Å². The molecule has 0 radical (unpaired) electrons. The molecule has 0 heterocycles. The van der Waals surface area contributed by atoms with Gasteiger partial charge in [0.1, 0.15) is 0 Å². The average Bonchev–Trinajstić information content (AvgIpc) is 2.45. The summed E-state index contributed by atoms with van der Waals surface area (Å²) in [4.78, 5) is 2.25. The summed E-state index contributed by atoms with van der Waals surface area (Å²) in [5, 5.41) is 3.57. The van der Waals surface area contributed by atoms with Crippen molar-refractivity contribution in [3.63, 3.8) is 0 Å². The fraction of sp³-hybridized carbons (Fsp3) is 0.368. The highest BCUT2D eigenvalue weighted by molar-refractivity contribution is 5.65. The van der Waals surface area contributed by atoms with Crippen LogP contribution in [0.25, 0.3) is 0 Å². The summed E-state index contributed by atoms with van der Waals surface area (Å²) in [6.45, 7) is 9.57. The Hall–Kier alpha value is -1.80. The van der Waals surface area contributed by atoms with Crippen LogP contribution in [0.5, 0.6) is 0 Å². The van der Waals surface area contributed by atoms with E-state index >= 15 is 0 Å². The van der Waals surface area contributed by atoms with Crippen LogP contribution in [0, 0.1) is 6.92 Å². The molecule has 0 aliphatic heterocycles. The minimum absolute atomic E-state index is 0.121. The van der Waals surface area contributed by atoms with Crippen molar-refractivity contribution in [1.29, 1.82) is 0 Å². The lowest BCUT2D eigenvalue weighted by molar-refractivity contribution is 0.424. The minimum atomic E-state index is 0.121. The first-order chi connectivity index (χ1) is 9.87. The van der Waals surface area contributed by atoms with Crippen molar-refractivity contribution in [2.45, 2.75) is 39.8 Å². The van der Waals surface area contributed by atoms with Gasteiger partial charge in [-0.05, 0) is 51.5 Å². The van der Waals surface area contributed by atoms with Crippen LogP contribution in [0.2, 0.25) is 0 Å². The number of nitrogens with one attached hydrogen (secondary N) is 1. The fourth-order valence-corrected chi connectivity index (χ4v) is 2.26. The van der Waals surface area contributed by atoms with Gasteiger partial charge in [0.25, 0.3) is 0 Å². The van der Waals surface area contributed by atoms with Crippen LogP contribution in [-0.2, 0) is 6.54 Å². The van der Waals surface area contributed by atoms with Crippen molar-refractivity contribution in [3.05, 3.63) is 59.7 Å². The molecule has 0 aliphatic carbocycles. The van der Waals surface area contributed by atoms with E-state index < -0.39 is 0 Å². The maximum atomic E-state index is 3.57. The summed E-state index contributed by atoms with van der Waals surface area (Å²) >= 11 is 0. The Kier molecular flexibility index (Phi) is 4.69. The van der Waals surface area contributed by atoms with Crippen molar-refractivity contribution >= 4 is 11.4 Å². The molecule has 0 saturated carbocycles. The van der Waals surface area contributed by atoms with Crippen molar-refractivity contribution in [1.82, 2.24) is 5.32 Å². The van der Waals surface area contributed by atoms with Gasteiger partial charge in [0.15, 0.2) is 0 Å². The first kappa shape index (κ1) is 15.6. The quantitative estimate of drug-likeness (QED) is 0.878. The van der Waals surface area contributed by atoms with E-state index in [9.17, 15) is 0 Å². The molecule has 2 aromatic carbocycles. The fourth-order valence-electron chi connectivity index (χ4n) is 2.26. The molecule has 0 atom stereocenters. The molecule has 2 rings (SSSR count). The number of benzene rings is 2. The molecule has 0 fully saturated rings. The number of para-hydroxylation sites is 1. The Morgan fingerprint density at radius 1 is 0.952 bits per heavy atom. The van der Waals surface area contributed by atoms with Gasteiger partial charge in [-0.3, -0.25) is 0 Å². The van der Waals surface area contributed by atoms with Gasteiger partial charge in [-0.15, -0.1) is 0 Å². The van der Waals surface area contributed by atoms with Crippen LogP contribution in [-0.4, -0.2) is 12.6 Å². The zero-order chi connectivity index (χ0) is 15.5. The summed E-state index contributed by atoms with van der Waals surface area (Å²) in [6.07, 6.45) is 0. The Labute approximate surface area is 128 Å². The van der Waals surface area contributed by atoms with E-state index in [1.165, 1.54) is 22.5 Å². The van der Waals surface area contributed by atoms with Crippen LogP contribution in [0.4, 0.5) is 11.4 Å². The first-order valence-electron chi connectivity index (χ1n) is 7.50. The van der Waals surface area contributed by atoms with Crippen molar-refractivity contribution < 1.29 is 0 Å². The molecule has 112 valence electrons. The van der Waals surface area contributed by atoms with E-state index in [1.54, 1.807) is 0 Å². The zero-order valence-electron chi connectivity index (χ0n) is 13.8. The van der Waals surface area contributed by atoms with Crippen LogP contribution in [0.15, 0.2) is 48.5 Å². The Morgan fingerprint density at radius 2 is 1.57 bits per heavy atom. The van der Waals surface area contributed by atoms with Gasteiger partial charge in [0.2, 0.25) is 0 Å². The molecule has 0 spiro atoms. The monoisotopic (exact) mass is 282 g/mol. The highest BCUT2D eigenvalue weighted by Gasteiger charge is 2.12. The highest BCUT2D eigenvalue weighted by Crippen LogP contribution is 2.27. The van der Waals surface area contributed by atoms with E-state index in [2.05, 4.69) is 93.5 Å². The molecular formula is C19H26N2. The maximum absolute atomic E-state index is 3.57. The number of hydrogen-bond acceptors (Lipinski definition) is 2. The summed E-state index contributed by atoms with van der Waals surface area (Å²) < 4.78 is 0. The third-order valence-electron chi connectivity index (χ3n) is 3.58. The molecule has 0 unspecified atom stereocenters. The standard InChI is InChI=1S/C19H26N2/c1-15-10-12-17(13-11-15)21(5)18-9-7-6-8-16(18)14-20-19(2,3)4/h6-13,20H,14H2,1-5H3. The Balaban J connectivity index is 2.24. The van der Waals surface area contributed by atoms with Gasteiger partial charge in [0.05, 0.1) is 0 Å².